The van der Waals surface area contributed by atoms with Gasteiger partial charge in [0, 0.05) is 18.0 Å². The van der Waals surface area contributed by atoms with E-state index in [1.165, 1.54) is 6.07 Å². The minimum absolute atomic E-state index is 0.0120. The minimum atomic E-state index is -0.641. The lowest BCUT2D eigenvalue weighted by atomic mass is 10.1. The predicted molar refractivity (Wildman–Crippen MR) is 78.7 cm³/mol. The van der Waals surface area contributed by atoms with Crippen molar-refractivity contribution in [3.05, 3.63) is 41.1 Å². The van der Waals surface area contributed by atoms with Gasteiger partial charge in [-0.3, -0.25) is 0 Å². The normalized spacial score (nSPS) is 17.2. The number of hydrogen-bond donors (Lipinski definition) is 0. The molecule has 3 heterocycles. The molecule has 0 saturated heterocycles. The lowest BCUT2D eigenvalue weighted by Crippen LogP contribution is -1.99. The Morgan fingerprint density at radius 2 is 2.05 bits per heavy atom. The summed E-state index contributed by atoms with van der Waals surface area (Å²) < 4.78 is 30.3. The first kappa shape index (κ1) is 13.6. The van der Waals surface area contributed by atoms with Crippen molar-refractivity contribution in [3.8, 4) is 11.3 Å². The zero-order valence-electron chi connectivity index (χ0n) is 11.6. The Labute approximate surface area is 129 Å². The Balaban J connectivity index is 2.00. The van der Waals surface area contributed by atoms with Gasteiger partial charge in [-0.15, -0.1) is 0 Å². The zero-order valence-corrected chi connectivity index (χ0v) is 12.4. The fraction of sp³-hybridized carbons (Fsp3) is 0.267. The highest BCUT2D eigenvalue weighted by Crippen LogP contribution is 2.34. The number of halogens is 3. The summed E-state index contributed by atoms with van der Waals surface area (Å²) >= 11 is 5.72. The van der Waals surface area contributed by atoms with Crippen molar-refractivity contribution in [1.29, 1.82) is 0 Å². The maximum Gasteiger partial charge on any atom is 0.223 e. The molecule has 2 aromatic heterocycles. The SMILES string of the molecule is C[C@H]1CCc2nc3c(F)cc(-c4nc(Cl)ncc4F)cc3n21. The third kappa shape index (κ3) is 1.90. The zero-order chi connectivity index (χ0) is 15.4. The first-order chi connectivity index (χ1) is 10.5. The molecule has 22 heavy (non-hydrogen) atoms. The maximum atomic E-state index is 14.4. The van der Waals surface area contributed by atoms with Crippen molar-refractivity contribution in [1.82, 2.24) is 19.5 Å². The van der Waals surface area contributed by atoms with Gasteiger partial charge in [0.15, 0.2) is 11.6 Å². The van der Waals surface area contributed by atoms with Crippen LogP contribution in [0.15, 0.2) is 18.3 Å². The topological polar surface area (TPSA) is 43.6 Å². The summed E-state index contributed by atoms with van der Waals surface area (Å²) in [5.74, 6) is -0.271. The monoisotopic (exact) mass is 320 g/mol. The van der Waals surface area contributed by atoms with E-state index in [1.807, 2.05) is 4.57 Å². The quantitative estimate of drug-likeness (QED) is 0.638. The maximum absolute atomic E-state index is 14.4. The van der Waals surface area contributed by atoms with Crippen LogP contribution in [0.3, 0.4) is 0 Å². The highest BCUT2D eigenvalue weighted by Gasteiger charge is 2.25. The van der Waals surface area contributed by atoms with Crippen molar-refractivity contribution in [2.45, 2.75) is 25.8 Å². The second-order valence-electron chi connectivity index (χ2n) is 5.45. The average molecular weight is 321 g/mol. The summed E-state index contributed by atoms with van der Waals surface area (Å²) in [4.78, 5) is 11.8. The van der Waals surface area contributed by atoms with Crippen LogP contribution in [0.2, 0.25) is 5.28 Å². The first-order valence-electron chi connectivity index (χ1n) is 6.93. The minimum Gasteiger partial charge on any atom is -0.325 e. The van der Waals surface area contributed by atoms with Crippen LogP contribution in [0.5, 0.6) is 0 Å². The molecule has 0 spiro atoms. The van der Waals surface area contributed by atoms with Gasteiger partial charge in [0.25, 0.3) is 0 Å². The van der Waals surface area contributed by atoms with Crippen LogP contribution in [0, 0.1) is 11.6 Å². The number of aromatic nitrogens is 4. The summed E-state index contributed by atoms with van der Waals surface area (Å²) in [6.07, 6.45) is 2.77. The van der Waals surface area contributed by atoms with E-state index in [1.54, 1.807) is 6.07 Å². The van der Waals surface area contributed by atoms with Gasteiger partial charge in [0.2, 0.25) is 5.28 Å². The molecule has 0 N–H and O–H groups in total. The summed E-state index contributed by atoms with van der Waals surface area (Å²) in [7, 11) is 0. The molecule has 0 aliphatic carbocycles. The molecule has 7 heteroatoms. The molecular weight excluding hydrogens is 310 g/mol. The smallest absolute Gasteiger partial charge is 0.223 e. The summed E-state index contributed by atoms with van der Waals surface area (Å²) in [5, 5.41) is -0.0798. The van der Waals surface area contributed by atoms with Crippen molar-refractivity contribution in [3.63, 3.8) is 0 Å². The predicted octanol–water partition coefficient (Wildman–Crippen LogP) is 3.93. The molecule has 0 unspecified atom stereocenters. The van der Waals surface area contributed by atoms with Crippen LogP contribution in [-0.2, 0) is 6.42 Å². The van der Waals surface area contributed by atoms with Crippen LogP contribution in [0.4, 0.5) is 8.78 Å². The van der Waals surface area contributed by atoms with Crippen LogP contribution < -0.4 is 0 Å². The summed E-state index contributed by atoms with van der Waals surface area (Å²) in [6.45, 7) is 2.06. The van der Waals surface area contributed by atoms with Gasteiger partial charge in [-0.2, -0.15) is 0 Å². The van der Waals surface area contributed by atoms with Crippen LogP contribution >= 0.6 is 11.6 Å². The lowest BCUT2D eigenvalue weighted by molar-refractivity contribution is 0.595. The van der Waals surface area contributed by atoms with Gasteiger partial charge in [0.1, 0.15) is 17.0 Å². The Morgan fingerprint density at radius 1 is 1.23 bits per heavy atom. The molecule has 112 valence electrons. The largest absolute Gasteiger partial charge is 0.325 e. The van der Waals surface area contributed by atoms with Gasteiger partial charge < -0.3 is 4.57 Å². The molecule has 0 bridgehead atoms. The van der Waals surface area contributed by atoms with E-state index in [0.29, 0.717) is 16.6 Å². The van der Waals surface area contributed by atoms with Crippen LogP contribution in [-0.4, -0.2) is 19.5 Å². The van der Waals surface area contributed by atoms with E-state index in [9.17, 15) is 8.78 Å². The molecule has 4 rings (SSSR count). The average Bonchev–Trinajstić information content (AvgIpc) is 3.02. The van der Waals surface area contributed by atoms with Crippen molar-refractivity contribution in [2.75, 3.05) is 0 Å². The Morgan fingerprint density at radius 3 is 2.86 bits per heavy atom. The van der Waals surface area contributed by atoms with Gasteiger partial charge in [0.05, 0.1) is 11.7 Å². The molecule has 1 atom stereocenters. The molecule has 3 aromatic rings. The van der Waals surface area contributed by atoms with Crippen LogP contribution in [0.1, 0.15) is 25.2 Å². The van der Waals surface area contributed by atoms with Gasteiger partial charge in [-0.25, -0.2) is 23.7 Å². The van der Waals surface area contributed by atoms with Gasteiger partial charge in [-0.1, -0.05) is 0 Å². The van der Waals surface area contributed by atoms with Crippen molar-refractivity contribution < 1.29 is 8.78 Å². The van der Waals surface area contributed by atoms with E-state index >= 15 is 0 Å². The standard InChI is InChI=1S/C15H11ClF2N4/c1-7-2-3-12-20-14-9(17)4-8(5-11(14)22(7)12)13-10(18)6-19-15(16)21-13/h4-7H,2-3H2,1H3/t7-/m0/s1. The number of fused-ring (bicyclic) bond motifs is 3. The molecule has 0 saturated carbocycles. The number of benzene rings is 1. The van der Waals surface area contributed by atoms with Gasteiger partial charge in [-0.05, 0) is 37.1 Å². The van der Waals surface area contributed by atoms with Crippen LogP contribution in [0.25, 0.3) is 22.3 Å². The fourth-order valence-corrected chi connectivity index (χ4v) is 3.15. The number of rotatable bonds is 1. The molecule has 0 fully saturated rings. The molecule has 4 nitrogen and oxygen atoms in total. The highest BCUT2D eigenvalue weighted by atomic mass is 35.5. The van der Waals surface area contributed by atoms with E-state index in [0.717, 1.165) is 24.9 Å². The summed E-state index contributed by atoms with van der Waals surface area (Å²) in [6, 6.07) is 3.18. The second kappa shape index (κ2) is 4.71. The number of hydrogen-bond acceptors (Lipinski definition) is 3. The molecular formula is C15H11ClF2N4. The lowest BCUT2D eigenvalue weighted by Gasteiger charge is -2.09. The number of aryl methyl sites for hydroxylation is 1. The number of nitrogens with zero attached hydrogens (tertiary/aromatic N) is 4. The van der Waals surface area contributed by atoms with E-state index in [4.69, 9.17) is 11.6 Å². The number of imidazole rings is 1. The van der Waals surface area contributed by atoms with Crippen molar-refractivity contribution in [2.24, 2.45) is 0 Å². The molecule has 1 aromatic carbocycles. The molecule has 0 radical (unpaired) electrons. The van der Waals surface area contributed by atoms with E-state index in [2.05, 4.69) is 21.9 Å². The second-order valence-corrected chi connectivity index (χ2v) is 5.79. The first-order valence-corrected chi connectivity index (χ1v) is 7.31. The summed E-state index contributed by atoms with van der Waals surface area (Å²) in [5.41, 5.74) is 1.28. The van der Waals surface area contributed by atoms with Gasteiger partial charge >= 0.3 is 0 Å². The Kier molecular flexibility index (Phi) is 2.91. The molecule has 1 aliphatic rings. The fourth-order valence-electron chi connectivity index (χ4n) is 3.02. The molecule has 0 amide bonds. The Bertz CT molecular complexity index is 906. The van der Waals surface area contributed by atoms with Crippen molar-refractivity contribution >= 4 is 22.6 Å². The third-order valence-electron chi connectivity index (χ3n) is 4.04. The van der Waals surface area contributed by atoms with E-state index in [-0.39, 0.29) is 17.0 Å². The third-order valence-corrected chi connectivity index (χ3v) is 4.22. The Hall–Kier alpha value is -2.08. The highest BCUT2D eigenvalue weighted by molar-refractivity contribution is 6.28. The molecule has 1 aliphatic heterocycles. The van der Waals surface area contributed by atoms with E-state index < -0.39 is 11.6 Å².